The maximum atomic E-state index is 13.0. The fourth-order valence-electron chi connectivity index (χ4n) is 3.87. The van der Waals surface area contributed by atoms with E-state index < -0.39 is 23.9 Å². The molecular formula is C21H17F3N4O. The zero-order chi connectivity index (χ0) is 20.8. The molecule has 5 nitrogen and oxygen atoms in total. The molecule has 2 aliphatic heterocycles. The van der Waals surface area contributed by atoms with Crippen LogP contribution in [0.4, 0.5) is 18.9 Å². The number of para-hydroxylation sites is 1. The monoisotopic (exact) mass is 398 g/mol. The number of nitriles is 1. The normalized spacial score (nSPS) is 23.9. The van der Waals surface area contributed by atoms with E-state index in [2.05, 4.69) is 11.2 Å². The Morgan fingerprint density at radius 2 is 1.76 bits per heavy atom. The lowest BCUT2D eigenvalue weighted by Crippen LogP contribution is -2.43. The standard InChI is InChI=1S/C21H17F3N4O/c1-12-17-18(13-7-9-14(10-8-13)21(22,23)24)16(11-25)19(26)29-20(17)28(27-12)15-5-3-2-4-6-15/h2-10,17-18,20H,26H2,1H3. The highest BCUT2D eigenvalue weighted by atomic mass is 19.4. The van der Waals surface area contributed by atoms with Crippen LogP contribution < -0.4 is 10.7 Å². The number of anilines is 1. The predicted octanol–water partition coefficient (Wildman–Crippen LogP) is 4.35. The van der Waals surface area contributed by atoms with Crippen molar-refractivity contribution in [3.8, 4) is 6.07 Å². The fraction of sp³-hybridized carbons (Fsp3) is 0.238. The van der Waals surface area contributed by atoms with Gasteiger partial charge in [0.15, 0.2) is 0 Å². The van der Waals surface area contributed by atoms with Crippen molar-refractivity contribution in [3.63, 3.8) is 0 Å². The zero-order valence-electron chi connectivity index (χ0n) is 15.4. The number of ether oxygens (including phenoxy) is 1. The Kier molecular flexibility index (Phi) is 4.46. The number of hydrazone groups is 1. The SMILES string of the molecule is CC1=NN(c2ccccc2)C2OC(N)=C(C#N)C(c3ccc(C(F)(F)F)cc3)C12. The molecule has 0 radical (unpaired) electrons. The first-order chi connectivity index (χ1) is 13.8. The lowest BCUT2D eigenvalue weighted by Gasteiger charge is -2.37. The van der Waals surface area contributed by atoms with Crippen molar-refractivity contribution in [2.45, 2.75) is 25.2 Å². The molecule has 0 spiro atoms. The van der Waals surface area contributed by atoms with Crippen LogP contribution in [0.5, 0.6) is 0 Å². The Balaban J connectivity index is 1.78. The van der Waals surface area contributed by atoms with Crippen LogP contribution in [0.25, 0.3) is 0 Å². The topological polar surface area (TPSA) is 74.6 Å². The molecule has 8 heteroatoms. The highest BCUT2D eigenvalue weighted by molar-refractivity contribution is 5.90. The van der Waals surface area contributed by atoms with Crippen LogP contribution in [0, 0.1) is 17.2 Å². The summed E-state index contributed by atoms with van der Waals surface area (Å²) in [6.45, 7) is 1.82. The molecule has 3 atom stereocenters. The molecule has 4 rings (SSSR count). The Morgan fingerprint density at radius 1 is 1.10 bits per heavy atom. The molecule has 2 aromatic rings. The van der Waals surface area contributed by atoms with E-state index in [1.165, 1.54) is 12.1 Å². The van der Waals surface area contributed by atoms with Gasteiger partial charge >= 0.3 is 6.18 Å². The molecule has 0 fully saturated rings. The average Bonchev–Trinajstić information content (AvgIpc) is 3.03. The molecule has 0 aliphatic carbocycles. The van der Waals surface area contributed by atoms with Gasteiger partial charge in [0.25, 0.3) is 0 Å². The van der Waals surface area contributed by atoms with Crippen LogP contribution in [0.2, 0.25) is 0 Å². The number of fused-ring (bicyclic) bond motifs is 1. The van der Waals surface area contributed by atoms with E-state index in [-0.39, 0.29) is 17.4 Å². The van der Waals surface area contributed by atoms with Crippen molar-refractivity contribution in [2.24, 2.45) is 16.8 Å². The smallest absolute Gasteiger partial charge is 0.416 e. The van der Waals surface area contributed by atoms with E-state index >= 15 is 0 Å². The second kappa shape index (κ2) is 6.85. The van der Waals surface area contributed by atoms with Crippen LogP contribution in [-0.4, -0.2) is 11.9 Å². The van der Waals surface area contributed by atoms with Gasteiger partial charge in [0.05, 0.1) is 22.7 Å². The first-order valence-corrected chi connectivity index (χ1v) is 8.94. The summed E-state index contributed by atoms with van der Waals surface area (Å²) >= 11 is 0. The molecule has 3 unspecified atom stereocenters. The van der Waals surface area contributed by atoms with Gasteiger partial charge in [-0.2, -0.15) is 23.5 Å². The molecule has 148 valence electrons. The number of nitrogens with zero attached hydrogens (tertiary/aromatic N) is 3. The molecule has 0 saturated heterocycles. The van der Waals surface area contributed by atoms with Crippen molar-refractivity contribution in [1.82, 2.24) is 0 Å². The van der Waals surface area contributed by atoms with Gasteiger partial charge in [0, 0.05) is 11.6 Å². The van der Waals surface area contributed by atoms with Crippen LogP contribution in [-0.2, 0) is 10.9 Å². The second-order valence-corrected chi connectivity index (χ2v) is 6.94. The summed E-state index contributed by atoms with van der Waals surface area (Å²) in [5, 5.41) is 15.9. The Labute approximate surface area is 165 Å². The molecule has 2 N–H and O–H groups in total. The number of alkyl halides is 3. The molecule has 29 heavy (non-hydrogen) atoms. The summed E-state index contributed by atoms with van der Waals surface area (Å²) in [5.74, 6) is -0.961. The van der Waals surface area contributed by atoms with E-state index in [1.54, 1.807) is 5.01 Å². The maximum absolute atomic E-state index is 13.0. The first kappa shape index (κ1) is 18.9. The van der Waals surface area contributed by atoms with Gasteiger partial charge in [0.2, 0.25) is 12.1 Å². The third-order valence-electron chi connectivity index (χ3n) is 5.22. The molecule has 0 bridgehead atoms. The van der Waals surface area contributed by atoms with E-state index in [4.69, 9.17) is 10.5 Å². The van der Waals surface area contributed by atoms with Crippen molar-refractivity contribution in [3.05, 3.63) is 77.2 Å². The summed E-state index contributed by atoms with van der Waals surface area (Å²) in [4.78, 5) is 0. The molecule has 2 heterocycles. The van der Waals surface area contributed by atoms with Crippen LogP contribution >= 0.6 is 0 Å². The van der Waals surface area contributed by atoms with E-state index in [9.17, 15) is 18.4 Å². The summed E-state index contributed by atoms with van der Waals surface area (Å²) in [6, 6.07) is 16.2. The molecule has 0 aromatic heterocycles. The number of halogens is 3. The molecule has 2 aromatic carbocycles. The van der Waals surface area contributed by atoms with Gasteiger partial charge in [-0.25, -0.2) is 5.01 Å². The number of benzene rings is 2. The zero-order valence-corrected chi connectivity index (χ0v) is 15.4. The lowest BCUT2D eigenvalue weighted by molar-refractivity contribution is -0.137. The molecular weight excluding hydrogens is 381 g/mol. The molecule has 2 aliphatic rings. The van der Waals surface area contributed by atoms with Crippen LogP contribution in [0.1, 0.15) is 24.0 Å². The van der Waals surface area contributed by atoms with Crippen LogP contribution in [0.3, 0.4) is 0 Å². The Bertz CT molecular complexity index is 1020. The highest BCUT2D eigenvalue weighted by Gasteiger charge is 2.49. The van der Waals surface area contributed by atoms with Gasteiger partial charge in [-0.1, -0.05) is 30.3 Å². The minimum Gasteiger partial charge on any atom is -0.452 e. The van der Waals surface area contributed by atoms with Gasteiger partial charge < -0.3 is 10.5 Å². The summed E-state index contributed by atoms with van der Waals surface area (Å²) in [6.07, 6.45) is -5.03. The third-order valence-corrected chi connectivity index (χ3v) is 5.22. The number of allylic oxidation sites excluding steroid dienone is 1. The Hall–Kier alpha value is -3.47. The van der Waals surface area contributed by atoms with Gasteiger partial charge in [-0.05, 0) is 36.8 Å². The fourth-order valence-corrected chi connectivity index (χ4v) is 3.87. The molecule has 0 saturated carbocycles. The largest absolute Gasteiger partial charge is 0.452 e. The number of rotatable bonds is 2. The van der Waals surface area contributed by atoms with Gasteiger partial charge in [-0.15, -0.1) is 0 Å². The molecule has 0 amide bonds. The number of nitrogens with two attached hydrogens (primary N) is 1. The van der Waals surface area contributed by atoms with Crippen molar-refractivity contribution < 1.29 is 17.9 Å². The van der Waals surface area contributed by atoms with Crippen molar-refractivity contribution >= 4 is 11.4 Å². The second-order valence-electron chi connectivity index (χ2n) is 6.94. The van der Waals surface area contributed by atoms with E-state index in [1.807, 2.05) is 37.3 Å². The van der Waals surface area contributed by atoms with Crippen molar-refractivity contribution in [1.29, 1.82) is 5.26 Å². The van der Waals surface area contributed by atoms with Gasteiger partial charge in [-0.3, -0.25) is 0 Å². The maximum Gasteiger partial charge on any atom is 0.416 e. The lowest BCUT2D eigenvalue weighted by atomic mass is 9.76. The summed E-state index contributed by atoms with van der Waals surface area (Å²) in [7, 11) is 0. The minimum atomic E-state index is -4.43. The van der Waals surface area contributed by atoms with E-state index in [0.29, 0.717) is 11.3 Å². The number of hydrogen-bond donors (Lipinski definition) is 1. The first-order valence-electron chi connectivity index (χ1n) is 8.94. The van der Waals surface area contributed by atoms with Crippen molar-refractivity contribution in [2.75, 3.05) is 5.01 Å². The Morgan fingerprint density at radius 3 is 2.34 bits per heavy atom. The third kappa shape index (κ3) is 3.18. The average molecular weight is 398 g/mol. The summed E-state index contributed by atoms with van der Waals surface area (Å²) in [5.41, 5.74) is 7.54. The predicted molar refractivity (Wildman–Crippen MR) is 101 cm³/mol. The minimum absolute atomic E-state index is 0.0375. The van der Waals surface area contributed by atoms with Crippen LogP contribution in [0.15, 0.2) is 71.2 Å². The van der Waals surface area contributed by atoms with Gasteiger partial charge in [0.1, 0.15) is 6.07 Å². The quantitative estimate of drug-likeness (QED) is 0.816. The highest BCUT2D eigenvalue weighted by Crippen LogP contribution is 2.46. The summed E-state index contributed by atoms with van der Waals surface area (Å²) < 4.78 is 44.7. The number of hydrogen-bond acceptors (Lipinski definition) is 5. The van der Waals surface area contributed by atoms with E-state index in [0.717, 1.165) is 17.8 Å².